The monoisotopic (exact) mass is 354 g/mol. The quantitative estimate of drug-likeness (QED) is 0.790. The van der Waals surface area contributed by atoms with Crippen molar-refractivity contribution in [2.75, 3.05) is 13.7 Å². The SMILES string of the molecule is COc1cccc(CCNC(=O)Cc2cccnc2)c1OC1CCCC1. The molecule has 1 aromatic heterocycles. The van der Waals surface area contributed by atoms with Crippen LogP contribution in [0.25, 0.3) is 0 Å². The molecule has 1 fully saturated rings. The number of carbonyl (C=O) groups is 1. The van der Waals surface area contributed by atoms with E-state index in [2.05, 4.69) is 10.3 Å². The van der Waals surface area contributed by atoms with E-state index in [0.717, 1.165) is 35.5 Å². The van der Waals surface area contributed by atoms with Gasteiger partial charge in [0, 0.05) is 18.9 Å². The van der Waals surface area contributed by atoms with Gasteiger partial charge in [0.05, 0.1) is 19.6 Å². The third-order valence-electron chi connectivity index (χ3n) is 4.67. The molecule has 2 aromatic rings. The molecule has 0 aliphatic heterocycles. The number of carbonyl (C=O) groups excluding carboxylic acids is 1. The number of aromatic nitrogens is 1. The number of methoxy groups -OCH3 is 1. The molecule has 1 amide bonds. The fourth-order valence-electron chi connectivity index (χ4n) is 3.31. The number of ether oxygens (including phenoxy) is 2. The number of hydrogen-bond donors (Lipinski definition) is 1. The van der Waals surface area contributed by atoms with Crippen molar-refractivity contribution in [1.82, 2.24) is 10.3 Å². The number of pyridine rings is 1. The molecule has 5 nitrogen and oxygen atoms in total. The number of hydrogen-bond acceptors (Lipinski definition) is 4. The van der Waals surface area contributed by atoms with Crippen molar-refractivity contribution in [3.05, 3.63) is 53.9 Å². The number of amides is 1. The van der Waals surface area contributed by atoms with E-state index in [0.29, 0.717) is 19.4 Å². The average Bonchev–Trinajstić information content (AvgIpc) is 3.17. The molecule has 1 aliphatic rings. The zero-order valence-corrected chi connectivity index (χ0v) is 15.2. The molecule has 3 rings (SSSR count). The van der Waals surface area contributed by atoms with Crippen molar-refractivity contribution < 1.29 is 14.3 Å². The van der Waals surface area contributed by atoms with E-state index in [1.165, 1.54) is 12.8 Å². The topological polar surface area (TPSA) is 60.5 Å². The summed E-state index contributed by atoms with van der Waals surface area (Å²) in [5, 5.41) is 2.97. The minimum atomic E-state index is -0.000780. The Labute approximate surface area is 154 Å². The van der Waals surface area contributed by atoms with Gasteiger partial charge in [-0.1, -0.05) is 18.2 Å². The van der Waals surface area contributed by atoms with Crippen molar-refractivity contribution in [2.45, 2.75) is 44.6 Å². The highest BCUT2D eigenvalue weighted by Gasteiger charge is 2.20. The Morgan fingerprint density at radius 2 is 2.08 bits per heavy atom. The molecule has 0 unspecified atom stereocenters. The van der Waals surface area contributed by atoms with Crippen molar-refractivity contribution >= 4 is 5.91 Å². The summed E-state index contributed by atoms with van der Waals surface area (Å²) < 4.78 is 11.7. The van der Waals surface area contributed by atoms with Crippen LogP contribution in [0.15, 0.2) is 42.7 Å². The highest BCUT2D eigenvalue weighted by Crippen LogP contribution is 2.35. The van der Waals surface area contributed by atoms with Crippen LogP contribution in [0, 0.1) is 0 Å². The van der Waals surface area contributed by atoms with Crippen LogP contribution in [0.5, 0.6) is 11.5 Å². The number of nitrogens with zero attached hydrogens (tertiary/aromatic N) is 1. The first-order valence-corrected chi connectivity index (χ1v) is 9.24. The Kier molecular flexibility index (Phi) is 6.47. The van der Waals surface area contributed by atoms with Crippen LogP contribution in [0.3, 0.4) is 0 Å². The summed E-state index contributed by atoms with van der Waals surface area (Å²) in [6.07, 6.45) is 9.38. The summed E-state index contributed by atoms with van der Waals surface area (Å²) in [4.78, 5) is 16.1. The lowest BCUT2D eigenvalue weighted by atomic mass is 10.1. The lowest BCUT2D eigenvalue weighted by Crippen LogP contribution is -2.27. The van der Waals surface area contributed by atoms with Crippen LogP contribution in [0.4, 0.5) is 0 Å². The molecule has 1 heterocycles. The summed E-state index contributed by atoms with van der Waals surface area (Å²) >= 11 is 0. The highest BCUT2D eigenvalue weighted by atomic mass is 16.5. The summed E-state index contributed by atoms with van der Waals surface area (Å²) in [6, 6.07) is 9.68. The van der Waals surface area contributed by atoms with Gasteiger partial charge in [-0.25, -0.2) is 0 Å². The maximum atomic E-state index is 12.1. The van der Waals surface area contributed by atoms with Crippen LogP contribution in [-0.4, -0.2) is 30.6 Å². The summed E-state index contributed by atoms with van der Waals surface area (Å²) in [5.74, 6) is 1.58. The molecule has 26 heavy (non-hydrogen) atoms. The Morgan fingerprint density at radius 1 is 1.23 bits per heavy atom. The van der Waals surface area contributed by atoms with Gasteiger partial charge >= 0.3 is 0 Å². The van der Waals surface area contributed by atoms with Gasteiger partial charge in [0.1, 0.15) is 0 Å². The van der Waals surface area contributed by atoms with E-state index in [-0.39, 0.29) is 12.0 Å². The van der Waals surface area contributed by atoms with Crippen LogP contribution in [0.1, 0.15) is 36.8 Å². The first kappa shape index (κ1) is 18.2. The second-order valence-electron chi connectivity index (χ2n) is 6.61. The third kappa shape index (κ3) is 4.97. The molecule has 0 saturated heterocycles. The number of para-hydroxylation sites is 1. The summed E-state index contributed by atoms with van der Waals surface area (Å²) in [7, 11) is 1.66. The number of benzene rings is 1. The first-order valence-electron chi connectivity index (χ1n) is 9.24. The van der Waals surface area contributed by atoms with Crippen molar-refractivity contribution in [2.24, 2.45) is 0 Å². The number of rotatable bonds is 8. The van der Waals surface area contributed by atoms with Crippen molar-refractivity contribution in [3.63, 3.8) is 0 Å². The fraction of sp³-hybridized carbons (Fsp3) is 0.429. The first-order chi connectivity index (χ1) is 12.8. The Hall–Kier alpha value is -2.56. The van der Waals surface area contributed by atoms with Crippen LogP contribution < -0.4 is 14.8 Å². The fourth-order valence-corrected chi connectivity index (χ4v) is 3.31. The maximum absolute atomic E-state index is 12.1. The second-order valence-corrected chi connectivity index (χ2v) is 6.61. The van der Waals surface area contributed by atoms with Crippen LogP contribution in [0.2, 0.25) is 0 Å². The molecule has 1 aliphatic carbocycles. The summed E-state index contributed by atoms with van der Waals surface area (Å²) in [5.41, 5.74) is 1.98. The lowest BCUT2D eigenvalue weighted by molar-refractivity contribution is -0.120. The molecular formula is C21H26N2O3. The van der Waals surface area contributed by atoms with Gasteiger partial charge in [-0.15, -0.1) is 0 Å². The van der Waals surface area contributed by atoms with E-state index < -0.39 is 0 Å². The predicted octanol–water partition coefficient (Wildman–Crippen LogP) is 3.31. The van der Waals surface area contributed by atoms with E-state index in [9.17, 15) is 4.79 Å². The Morgan fingerprint density at radius 3 is 2.81 bits per heavy atom. The normalized spacial score (nSPS) is 14.2. The average molecular weight is 354 g/mol. The smallest absolute Gasteiger partial charge is 0.224 e. The Bertz CT molecular complexity index is 712. The van der Waals surface area contributed by atoms with Gasteiger partial charge in [0.2, 0.25) is 5.91 Å². The van der Waals surface area contributed by atoms with Crippen LogP contribution >= 0.6 is 0 Å². The van der Waals surface area contributed by atoms with Gasteiger partial charge in [-0.3, -0.25) is 9.78 Å². The van der Waals surface area contributed by atoms with Gasteiger partial charge in [-0.2, -0.15) is 0 Å². The predicted molar refractivity (Wildman–Crippen MR) is 101 cm³/mol. The van der Waals surface area contributed by atoms with E-state index in [1.807, 2.05) is 30.3 Å². The van der Waals surface area contributed by atoms with E-state index in [1.54, 1.807) is 19.5 Å². The second kappa shape index (κ2) is 9.22. The number of nitrogens with one attached hydrogen (secondary N) is 1. The van der Waals surface area contributed by atoms with Crippen molar-refractivity contribution in [3.8, 4) is 11.5 Å². The molecule has 1 saturated carbocycles. The van der Waals surface area contributed by atoms with Crippen molar-refractivity contribution in [1.29, 1.82) is 0 Å². The minimum Gasteiger partial charge on any atom is -0.493 e. The summed E-state index contributed by atoms with van der Waals surface area (Å²) in [6.45, 7) is 0.563. The molecular weight excluding hydrogens is 328 g/mol. The molecule has 1 aromatic carbocycles. The molecule has 138 valence electrons. The molecule has 0 spiro atoms. The van der Waals surface area contributed by atoms with Gasteiger partial charge < -0.3 is 14.8 Å². The molecule has 5 heteroatoms. The Balaban J connectivity index is 1.57. The zero-order valence-electron chi connectivity index (χ0n) is 15.2. The lowest BCUT2D eigenvalue weighted by Gasteiger charge is -2.19. The van der Waals surface area contributed by atoms with Gasteiger partial charge in [0.25, 0.3) is 0 Å². The standard InChI is InChI=1S/C21H26N2O3/c1-25-19-10-4-7-17(21(19)26-18-8-2-3-9-18)11-13-23-20(24)14-16-6-5-12-22-15-16/h4-7,10,12,15,18H,2-3,8-9,11,13-14H2,1H3,(H,23,24). The minimum absolute atomic E-state index is 0.000780. The molecule has 1 N–H and O–H groups in total. The van der Waals surface area contributed by atoms with Gasteiger partial charge in [0.15, 0.2) is 11.5 Å². The molecule has 0 bridgehead atoms. The van der Waals surface area contributed by atoms with E-state index in [4.69, 9.17) is 9.47 Å². The molecule has 0 atom stereocenters. The van der Waals surface area contributed by atoms with Crippen LogP contribution in [-0.2, 0) is 17.6 Å². The highest BCUT2D eigenvalue weighted by molar-refractivity contribution is 5.78. The van der Waals surface area contributed by atoms with E-state index >= 15 is 0 Å². The third-order valence-corrected chi connectivity index (χ3v) is 4.67. The molecule has 0 radical (unpaired) electrons. The van der Waals surface area contributed by atoms with Gasteiger partial charge in [-0.05, 0) is 55.4 Å². The zero-order chi connectivity index (χ0) is 18.2. The largest absolute Gasteiger partial charge is 0.493 e. The maximum Gasteiger partial charge on any atom is 0.224 e.